The van der Waals surface area contributed by atoms with E-state index in [1.165, 1.54) is 0 Å². The maximum absolute atomic E-state index is 7.95. The summed E-state index contributed by atoms with van der Waals surface area (Å²) in [7, 11) is 3.21. The third-order valence-corrected chi connectivity index (χ3v) is 3.72. The molecule has 0 spiro atoms. The van der Waals surface area contributed by atoms with Crippen LogP contribution in [0.5, 0.6) is 11.5 Å². The highest BCUT2D eigenvalue weighted by atomic mass is 16.5. The van der Waals surface area contributed by atoms with Crippen molar-refractivity contribution in [2.75, 3.05) is 14.2 Å². The van der Waals surface area contributed by atoms with E-state index >= 15 is 0 Å². The first kappa shape index (κ1) is 15.8. The minimum absolute atomic E-state index is 0.161. The molecule has 3 aromatic rings. The Kier molecular flexibility index (Phi) is 4.07. The Morgan fingerprint density at radius 1 is 1.29 bits per heavy atom. The van der Waals surface area contributed by atoms with Gasteiger partial charge in [-0.25, -0.2) is 9.97 Å². The average molecular weight is 325 g/mol. The summed E-state index contributed by atoms with van der Waals surface area (Å²) in [6.07, 6.45) is 1.62. The Morgan fingerprint density at radius 2 is 2.04 bits per heavy atom. The van der Waals surface area contributed by atoms with Crippen molar-refractivity contribution in [2.24, 2.45) is 0 Å². The summed E-state index contributed by atoms with van der Waals surface area (Å²) in [5.74, 6) is 2.01. The summed E-state index contributed by atoms with van der Waals surface area (Å²) in [4.78, 5) is 11.8. The van der Waals surface area contributed by atoms with Crippen molar-refractivity contribution in [1.82, 2.24) is 19.5 Å². The van der Waals surface area contributed by atoms with Crippen molar-refractivity contribution in [1.29, 1.82) is 5.41 Å². The molecule has 1 aromatic carbocycles. The Labute approximate surface area is 139 Å². The van der Waals surface area contributed by atoms with Gasteiger partial charge in [0.2, 0.25) is 0 Å². The van der Waals surface area contributed by atoms with E-state index in [-0.39, 0.29) is 5.49 Å². The zero-order valence-electron chi connectivity index (χ0n) is 13.9. The van der Waals surface area contributed by atoms with Gasteiger partial charge < -0.3 is 19.0 Å². The predicted octanol–water partition coefficient (Wildman–Crippen LogP) is 2.34. The lowest BCUT2D eigenvalue weighted by Crippen LogP contribution is -2.13. The molecule has 0 aliphatic carbocycles. The normalized spacial score (nSPS) is 10.8. The molecule has 2 heterocycles. The molecule has 0 radical (unpaired) electrons. The number of hydrogen-bond acceptors (Lipinski definition) is 5. The quantitative estimate of drug-likeness (QED) is 0.753. The summed E-state index contributed by atoms with van der Waals surface area (Å²) in [6, 6.07) is 5.74. The number of hydrogen-bond donors (Lipinski definition) is 2. The summed E-state index contributed by atoms with van der Waals surface area (Å²) in [5, 5.41) is 7.95. The number of nitrogens with zero attached hydrogens (tertiary/aromatic N) is 3. The zero-order valence-corrected chi connectivity index (χ0v) is 13.9. The molecular formula is C17H19N5O2. The molecule has 2 N–H and O–H groups in total. The van der Waals surface area contributed by atoms with E-state index in [0.29, 0.717) is 35.0 Å². The van der Waals surface area contributed by atoms with Gasteiger partial charge in [-0.1, -0.05) is 12.6 Å². The average Bonchev–Trinajstić information content (AvgIpc) is 3.04. The fraction of sp³-hybridized carbons (Fsp3) is 0.235. The summed E-state index contributed by atoms with van der Waals surface area (Å²) >= 11 is 0. The van der Waals surface area contributed by atoms with Crippen LogP contribution in [0.3, 0.4) is 0 Å². The van der Waals surface area contributed by atoms with Gasteiger partial charge in [-0.2, -0.15) is 0 Å². The fourth-order valence-electron chi connectivity index (χ4n) is 2.48. The topological polar surface area (TPSA) is 88.8 Å². The second kappa shape index (κ2) is 6.19. The van der Waals surface area contributed by atoms with Gasteiger partial charge >= 0.3 is 0 Å². The van der Waals surface area contributed by atoms with Crippen LogP contribution < -0.4 is 15.0 Å². The molecule has 0 fully saturated rings. The summed E-state index contributed by atoms with van der Waals surface area (Å²) in [6.45, 7) is 6.31. The van der Waals surface area contributed by atoms with Crippen molar-refractivity contribution in [2.45, 2.75) is 13.5 Å². The number of methoxy groups -OCH3 is 2. The monoisotopic (exact) mass is 325 g/mol. The van der Waals surface area contributed by atoms with Crippen LogP contribution in [0.25, 0.3) is 16.7 Å². The first-order valence-electron chi connectivity index (χ1n) is 7.40. The standard InChI is InChI=1S/C17H19N5O2/c1-10(2)16-20-14-15(18)19-9-22(17(14)21-16)8-11-5-6-12(23-3)13(7-11)24-4/h5-7,9,18H,1,8H2,2-4H3,(H,20,21). The van der Waals surface area contributed by atoms with Gasteiger partial charge in [0.25, 0.3) is 0 Å². The van der Waals surface area contributed by atoms with Gasteiger partial charge in [0.05, 0.1) is 27.1 Å². The molecule has 0 aliphatic rings. The van der Waals surface area contributed by atoms with Crippen molar-refractivity contribution >= 4 is 16.7 Å². The molecule has 7 nitrogen and oxygen atoms in total. The van der Waals surface area contributed by atoms with Crippen LogP contribution in [0.4, 0.5) is 0 Å². The summed E-state index contributed by atoms with van der Waals surface area (Å²) in [5.41, 5.74) is 3.24. The molecule has 0 saturated carbocycles. The Hall–Kier alpha value is -3.09. The lowest BCUT2D eigenvalue weighted by molar-refractivity contribution is 0.354. The predicted molar refractivity (Wildman–Crippen MR) is 91.1 cm³/mol. The molecule has 3 rings (SSSR count). The molecule has 0 bridgehead atoms. The van der Waals surface area contributed by atoms with Crippen molar-refractivity contribution in [3.63, 3.8) is 0 Å². The van der Waals surface area contributed by atoms with Crippen LogP contribution in [-0.4, -0.2) is 33.7 Å². The lowest BCUT2D eigenvalue weighted by Gasteiger charge is -2.11. The second-order valence-electron chi connectivity index (χ2n) is 5.47. The number of aromatic amines is 1. The number of allylic oxidation sites excluding steroid dienone is 1. The van der Waals surface area contributed by atoms with Gasteiger partial charge in [0.1, 0.15) is 11.3 Å². The van der Waals surface area contributed by atoms with Crippen LogP contribution >= 0.6 is 0 Å². The Morgan fingerprint density at radius 3 is 2.71 bits per heavy atom. The van der Waals surface area contributed by atoms with Gasteiger partial charge in [-0.15, -0.1) is 0 Å². The number of rotatable bonds is 5. The second-order valence-corrected chi connectivity index (χ2v) is 5.47. The highest BCUT2D eigenvalue weighted by molar-refractivity contribution is 5.73. The highest BCUT2D eigenvalue weighted by Gasteiger charge is 2.11. The first-order chi connectivity index (χ1) is 11.5. The van der Waals surface area contributed by atoms with E-state index in [1.807, 2.05) is 29.7 Å². The maximum atomic E-state index is 7.95. The number of fused-ring (bicyclic) bond motifs is 1. The molecule has 0 unspecified atom stereocenters. The first-order valence-corrected chi connectivity index (χ1v) is 7.40. The van der Waals surface area contributed by atoms with E-state index in [1.54, 1.807) is 20.5 Å². The van der Waals surface area contributed by atoms with E-state index in [9.17, 15) is 0 Å². The van der Waals surface area contributed by atoms with Crippen LogP contribution in [0.15, 0.2) is 31.1 Å². The van der Waals surface area contributed by atoms with Gasteiger partial charge in [0, 0.05) is 0 Å². The molecule has 2 aromatic heterocycles. The van der Waals surface area contributed by atoms with Crippen LogP contribution in [0.2, 0.25) is 0 Å². The van der Waals surface area contributed by atoms with Crippen LogP contribution in [0.1, 0.15) is 18.3 Å². The number of H-pyrrole nitrogens is 1. The number of ether oxygens (including phenoxy) is 2. The smallest absolute Gasteiger partial charge is 0.173 e. The zero-order chi connectivity index (χ0) is 17.3. The Bertz CT molecular complexity index is 971. The molecule has 7 heteroatoms. The lowest BCUT2D eigenvalue weighted by atomic mass is 10.2. The van der Waals surface area contributed by atoms with E-state index in [0.717, 1.165) is 11.1 Å². The van der Waals surface area contributed by atoms with Gasteiger partial charge in [0.15, 0.2) is 22.6 Å². The third-order valence-electron chi connectivity index (χ3n) is 3.72. The largest absolute Gasteiger partial charge is 0.493 e. The minimum atomic E-state index is 0.161. The van der Waals surface area contributed by atoms with Crippen molar-refractivity contribution in [3.8, 4) is 11.5 Å². The minimum Gasteiger partial charge on any atom is -0.493 e. The van der Waals surface area contributed by atoms with Gasteiger partial charge in [-0.3, -0.25) is 5.41 Å². The van der Waals surface area contributed by atoms with Gasteiger partial charge in [-0.05, 0) is 30.2 Å². The highest BCUT2D eigenvalue weighted by Crippen LogP contribution is 2.28. The Balaban J connectivity index is 2.06. The molecular weight excluding hydrogens is 306 g/mol. The molecule has 0 amide bonds. The van der Waals surface area contributed by atoms with Crippen LogP contribution in [0, 0.1) is 5.41 Å². The van der Waals surface area contributed by atoms with E-state index in [2.05, 4.69) is 21.5 Å². The van der Waals surface area contributed by atoms with E-state index < -0.39 is 0 Å². The van der Waals surface area contributed by atoms with Crippen LogP contribution in [-0.2, 0) is 6.54 Å². The third kappa shape index (κ3) is 2.76. The summed E-state index contributed by atoms with van der Waals surface area (Å²) < 4.78 is 12.5. The molecule has 124 valence electrons. The maximum Gasteiger partial charge on any atom is 0.173 e. The molecule has 24 heavy (non-hydrogen) atoms. The number of benzene rings is 1. The molecule has 0 aliphatic heterocycles. The fourth-order valence-corrected chi connectivity index (χ4v) is 2.48. The molecule has 0 atom stereocenters. The SMILES string of the molecule is C=C(C)c1nc2c([nH]1)c(=N)ncn2Cc1ccc(OC)c(OC)c1. The number of imidazole rings is 1. The number of aromatic nitrogens is 4. The van der Waals surface area contributed by atoms with E-state index in [4.69, 9.17) is 14.9 Å². The molecule has 0 saturated heterocycles. The van der Waals surface area contributed by atoms with Crippen molar-refractivity contribution in [3.05, 3.63) is 48.0 Å². The number of nitrogens with one attached hydrogen (secondary N) is 2. The van der Waals surface area contributed by atoms with Crippen molar-refractivity contribution < 1.29 is 9.47 Å².